The number of aryl methyl sites for hydroxylation is 1. The lowest BCUT2D eigenvalue weighted by Crippen LogP contribution is -2.55. The fourth-order valence-electron chi connectivity index (χ4n) is 3.08. The Labute approximate surface area is 123 Å². The summed E-state index contributed by atoms with van der Waals surface area (Å²) in [6.45, 7) is 10.0. The van der Waals surface area contributed by atoms with Gasteiger partial charge in [0.25, 0.3) is 0 Å². The monoisotopic (exact) mass is 275 g/mol. The molecule has 1 aromatic carbocycles. The molecule has 20 heavy (non-hydrogen) atoms. The molecule has 0 spiro atoms. The van der Waals surface area contributed by atoms with Gasteiger partial charge in [0.2, 0.25) is 0 Å². The number of piperazine rings is 1. The minimum atomic E-state index is 0.0940. The van der Waals surface area contributed by atoms with E-state index in [1.165, 1.54) is 17.5 Å². The molecule has 0 aromatic heterocycles. The minimum Gasteiger partial charge on any atom is -0.323 e. The van der Waals surface area contributed by atoms with Gasteiger partial charge in [0, 0.05) is 37.8 Å². The highest BCUT2D eigenvalue weighted by molar-refractivity contribution is 5.24. The number of hydrogen-bond acceptors (Lipinski definition) is 3. The second kappa shape index (κ2) is 6.70. The molecule has 0 saturated carbocycles. The van der Waals surface area contributed by atoms with Gasteiger partial charge < -0.3 is 10.6 Å². The van der Waals surface area contributed by atoms with E-state index in [0.29, 0.717) is 12.1 Å². The Morgan fingerprint density at radius 1 is 1.25 bits per heavy atom. The van der Waals surface area contributed by atoms with E-state index in [4.69, 9.17) is 5.73 Å². The summed E-state index contributed by atoms with van der Waals surface area (Å²) in [5, 5.41) is 0. The second-order valence-electron chi connectivity index (χ2n) is 6.21. The van der Waals surface area contributed by atoms with E-state index >= 15 is 0 Å². The van der Waals surface area contributed by atoms with Crippen LogP contribution in [0.15, 0.2) is 24.3 Å². The molecule has 1 aliphatic rings. The van der Waals surface area contributed by atoms with Gasteiger partial charge in [-0.15, -0.1) is 0 Å². The number of nitrogens with zero attached hydrogens (tertiary/aromatic N) is 2. The Kier molecular flexibility index (Phi) is 5.19. The first-order valence-corrected chi connectivity index (χ1v) is 7.79. The molecule has 1 heterocycles. The second-order valence-corrected chi connectivity index (χ2v) is 6.21. The summed E-state index contributed by atoms with van der Waals surface area (Å²) in [5.74, 6) is 0. The maximum absolute atomic E-state index is 6.49. The number of rotatable bonds is 4. The van der Waals surface area contributed by atoms with Gasteiger partial charge in [-0.25, -0.2) is 0 Å². The zero-order valence-corrected chi connectivity index (χ0v) is 13.3. The summed E-state index contributed by atoms with van der Waals surface area (Å²) in [4.78, 5) is 5.03. The van der Waals surface area contributed by atoms with Crippen molar-refractivity contribution in [2.75, 3.05) is 26.7 Å². The van der Waals surface area contributed by atoms with Crippen molar-refractivity contribution in [3.05, 3.63) is 35.4 Å². The lowest BCUT2D eigenvalue weighted by atomic mass is 9.97. The summed E-state index contributed by atoms with van der Waals surface area (Å²) in [6.07, 6.45) is 1.21. The Morgan fingerprint density at radius 2 is 1.90 bits per heavy atom. The van der Waals surface area contributed by atoms with Crippen LogP contribution in [0.1, 0.15) is 37.4 Å². The van der Waals surface area contributed by atoms with Crippen LogP contribution in [0.3, 0.4) is 0 Å². The predicted octanol–water partition coefficient (Wildman–Crippen LogP) is 2.41. The number of likely N-dealkylation sites (N-methyl/N-ethyl adjacent to an activating group) is 1. The molecular formula is C17H29N3. The molecule has 0 radical (unpaired) electrons. The van der Waals surface area contributed by atoms with Crippen LogP contribution in [0.4, 0.5) is 0 Å². The summed E-state index contributed by atoms with van der Waals surface area (Å²) in [6, 6.07) is 9.79. The SMILES string of the molecule is CCC1CN(C(C)C(N)c2ccc(C)cc2)CCN1C. The molecule has 0 aliphatic carbocycles. The van der Waals surface area contributed by atoms with E-state index in [1.54, 1.807) is 0 Å². The van der Waals surface area contributed by atoms with Gasteiger partial charge in [-0.05, 0) is 32.9 Å². The highest BCUT2D eigenvalue weighted by Crippen LogP contribution is 2.22. The molecule has 3 atom stereocenters. The van der Waals surface area contributed by atoms with Crippen molar-refractivity contribution in [1.82, 2.24) is 9.80 Å². The van der Waals surface area contributed by atoms with Gasteiger partial charge >= 0.3 is 0 Å². The first kappa shape index (κ1) is 15.5. The third-order valence-electron chi connectivity index (χ3n) is 4.84. The Hall–Kier alpha value is -0.900. The smallest absolute Gasteiger partial charge is 0.0450 e. The van der Waals surface area contributed by atoms with Crippen molar-refractivity contribution in [1.29, 1.82) is 0 Å². The molecule has 0 bridgehead atoms. The van der Waals surface area contributed by atoms with E-state index in [0.717, 1.165) is 19.6 Å². The average molecular weight is 275 g/mol. The van der Waals surface area contributed by atoms with Crippen molar-refractivity contribution >= 4 is 0 Å². The molecule has 3 nitrogen and oxygen atoms in total. The molecule has 1 aromatic rings. The molecule has 1 fully saturated rings. The molecule has 3 unspecified atom stereocenters. The third-order valence-corrected chi connectivity index (χ3v) is 4.84. The van der Waals surface area contributed by atoms with Gasteiger partial charge in [-0.2, -0.15) is 0 Å². The number of nitrogens with two attached hydrogens (primary N) is 1. The first-order chi connectivity index (χ1) is 9.52. The quantitative estimate of drug-likeness (QED) is 0.916. The van der Waals surface area contributed by atoms with E-state index in [9.17, 15) is 0 Å². The normalized spacial score (nSPS) is 24.6. The number of hydrogen-bond donors (Lipinski definition) is 1. The fourth-order valence-corrected chi connectivity index (χ4v) is 3.08. The molecule has 1 saturated heterocycles. The van der Waals surface area contributed by atoms with E-state index in [2.05, 4.69) is 61.9 Å². The van der Waals surface area contributed by atoms with Crippen LogP contribution in [-0.2, 0) is 0 Å². The van der Waals surface area contributed by atoms with Crippen molar-refractivity contribution in [2.45, 2.75) is 45.3 Å². The predicted molar refractivity (Wildman–Crippen MR) is 85.9 cm³/mol. The maximum atomic E-state index is 6.49. The molecule has 2 N–H and O–H groups in total. The van der Waals surface area contributed by atoms with Gasteiger partial charge in [-0.1, -0.05) is 36.8 Å². The summed E-state index contributed by atoms with van der Waals surface area (Å²) >= 11 is 0. The summed E-state index contributed by atoms with van der Waals surface area (Å²) < 4.78 is 0. The zero-order valence-electron chi connectivity index (χ0n) is 13.3. The average Bonchev–Trinajstić information content (AvgIpc) is 2.47. The van der Waals surface area contributed by atoms with Crippen molar-refractivity contribution in [3.8, 4) is 0 Å². The molecule has 0 amide bonds. The van der Waals surface area contributed by atoms with Gasteiger partial charge in [0.1, 0.15) is 0 Å². The zero-order chi connectivity index (χ0) is 14.7. The van der Waals surface area contributed by atoms with Crippen LogP contribution in [0.5, 0.6) is 0 Å². The molecule has 2 rings (SSSR count). The fraction of sp³-hybridized carbons (Fsp3) is 0.647. The van der Waals surface area contributed by atoms with Crippen molar-refractivity contribution in [2.24, 2.45) is 5.73 Å². The highest BCUT2D eigenvalue weighted by atomic mass is 15.3. The van der Waals surface area contributed by atoms with E-state index < -0.39 is 0 Å². The standard InChI is InChI=1S/C17H29N3/c1-5-16-12-20(11-10-19(16)4)14(3)17(18)15-8-6-13(2)7-9-15/h6-9,14,16-17H,5,10-12,18H2,1-4H3. The highest BCUT2D eigenvalue weighted by Gasteiger charge is 2.29. The van der Waals surface area contributed by atoms with Crippen LogP contribution in [0, 0.1) is 6.92 Å². The van der Waals surface area contributed by atoms with Gasteiger partial charge in [0.05, 0.1) is 0 Å². The molecule has 1 aliphatic heterocycles. The van der Waals surface area contributed by atoms with Crippen LogP contribution in [-0.4, -0.2) is 48.6 Å². The van der Waals surface area contributed by atoms with Crippen LogP contribution in [0.2, 0.25) is 0 Å². The maximum Gasteiger partial charge on any atom is 0.0450 e. The van der Waals surface area contributed by atoms with Crippen LogP contribution < -0.4 is 5.73 Å². The Balaban J connectivity index is 2.03. The Morgan fingerprint density at radius 3 is 2.50 bits per heavy atom. The van der Waals surface area contributed by atoms with E-state index in [-0.39, 0.29) is 6.04 Å². The molecular weight excluding hydrogens is 246 g/mol. The lowest BCUT2D eigenvalue weighted by molar-refractivity contribution is 0.0594. The minimum absolute atomic E-state index is 0.0940. The largest absolute Gasteiger partial charge is 0.323 e. The van der Waals surface area contributed by atoms with Gasteiger partial charge in [0.15, 0.2) is 0 Å². The number of benzene rings is 1. The summed E-state index contributed by atoms with van der Waals surface area (Å²) in [7, 11) is 2.23. The Bertz CT molecular complexity index is 415. The third kappa shape index (κ3) is 3.40. The lowest BCUT2D eigenvalue weighted by Gasteiger charge is -2.43. The molecule has 3 heteroatoms. The summed E-state index contributed by atoms with van der Waals surface area (Å²) in [5.41, 5.74) is 9.02. The van der Waals surface area contributed by atoms with Crippen LogP contribution >= 0.6 is 0 Å². The van der Waals surface area contributed by atoms with Gasteiger partial charge in [-0.3, -0.25) is 4.90 Å². The van der Waals surface area contributed by atoms with E-state index in [1.807, 2.05) is 0 Å². The topological polar surface area (TPSA) is 32.5 Å². The molecule has 112 valence electrons. The first-order valence-electron chi connectivity index (χ1n) is 7.79. The van der Waals surface area contributed by atoms with Crippen LogP contribution in [0.25, 0.3) is 0 Å². The van der Waals surface area contributed by atoms with Crippen molar-refractivity contribution < 1.29 is 0 Å². The van der Waals surface area contributed by atoms with Crippen molar-refractivity contribution in [3.63, 3.8) is 0 Å².